The van der Waals surface area contributed by atoms with E-state index in [1.54, 1.807) is 0 Å². The third-order valence-electron chi connectivity index (χ3n) is 2.89. The van der Waals surface area contributed by atoms with Crippen LogP contribution in [0.25, 0.3) is 11.1 Å². The summed E-state index contributed by atoms with van der Waals surface area (Å²) >= 11 is 0. The number of benzene rings is 2. The van der Waals surface area contributed by atoms with Crippen molar-refractivity contribution in [1.29, 1.82) is 0 Å². The van der Waals surface area contributed by atoms with Gasteiger partial charge in [-0.05, 0) is 42.3 Å². The first-order valence-electron chi connectivity index (χ1n) is 5.91. The number of hydrogen-bond donors (Lipinski definition) is 1. The Morgan fingerprint density at radius 2 is 2.06 bits per heavy atom. The van der Waals surface area contributed by atoms with Crippen molar-refractivity contribution >= 4 is 16.8 Å². The molecule has 2 aromatic carbocycles. The first-order chi connectivity index (χ1) is 8.70. The van der Waals surface area contributed by atoms with Gasteiger partial charge < -0.3 is 10.2 Å². The highest BCUT2D eigenvalue weighted by Gasteiger charge is 2.06. The number of oxazole rings is 1. The van der Waals surface area contributed by atoms with Crippen LogP contribution < -0.4 is 5.73 Å². The maximum absolute atomic E-state index is 5.76. The van der Waals surface area contributed by atoms with Crippen LogP contribution in [0, 0.1) is 6.92 Å². The predicted molar refractivity (Wildman–Crippen MR) is 72.4 cm³/mol. The molecule has 0 saturated heterocycles. The summed E-state index contributed by atoms with van der Waals surface area (Å²) in [4.78, 5) is 4.47. The van der Waals surface area contributed by atoms with Crippen LogP contribution in [0.2, 0.25) is 0 Å². The fourth-order valence-corrected chi connectivity index (χ4v) is 2.03. The molecule has 0 saturated carbocycles. The van der Waals surface area contributed by atoms with Crippen LogP contribution in [0.5, 0.6) is 0 Å². The molecule has 0 aliphatic rings. The van der Waals surface area contributed by atoms with Gasteiger partial charge in [0.15, 0.2) is 11.5 Å². The summed E-state index contributed by atoms with van der Waals surface area (Å²) < 4.78 is 5.74. The normalized spacial score (nSPS) is 10.9. The lowest BCUT2D eigenvalue weighted by atomic mass is 10.1. The number of fused-ring (bicyclic) bond motifs is 1. The van der Waals surface area contributed by atoms with E-state index in [0.717, 1.165) is 28.2 Å². The molecule has 2 N–H and O–H groups in total. The fourth-order valence-electron chi connectivity index (χ4n) is 2.03. The Hall–Kier alpha value is -2.29. The van der Waals surface area contributed by atoms with Crippen molar-refractivity contribution in [2.75, 3.05) is 5.73 Å². The standard InChI is InChI=1S/C15H14N2O/c1-10-5-6-13-14(7-10)18-15(17-13)9-11-3-2-4-12(16)8-11/h2-8H,9,16H2,1H3. The smallest absolute Gasteiger partial charge is 0.199 e. The minimum absolute atomic E-state index is 0.665. The molecule has 0 radical (unpaired) electrons. The van der Waals surface area contributed by atoms with E-state index in [9.17, 15) is 0 Å². The molecule has 0 amide bonds. The van der Waals surface area contributed by atoms with Crippen LogP contribution in [0.4, 0.5) is 5.69 Å². The first-order valence-corrected chi connectivity index (χ1v) is 5.91. The monoisotopic (exact) mass is 238 g/mol. The zero-order valence-electron chi connectivity index (χ0n) is 10.2. The van der Waals surface area contributed by atoms with Gasteiger partial charge in [-0.1, -0.05) is 18.2 Å². The average molecular weight is 238 g/mol. The van der Waals surface area contributed by atoms with Gasteiger partial charge in [0.2, 0.25) is 0 Å². The van der Waals surface area contributed by atoms with E-state index in [-0.39, 0.29) is 0 Å². The van der Waals surface area contributed by atoms with Crippen LogP contribution in [0.3, 0.4) is 0 Å². The minimum Gasteiger partial charge on any atom is -0.440 e. The Balaban J connectivity index is 1.95. The quantitative estimate of drug-likeness (QED) is 0.697. The summed E-state index contributed by atoms with van der Waals surface area (Å²) in [6, 6.07) is 13.8. The SMILES string of the molecule is Cc1ccc2nc(Cc3cccc(N)c3)oc2c1. The van der Waals surface area contributed by atoms with Crippen molar-refractivity contribution in [2.45, 2.75) is 13.3 Å². The highest BCUT2D eigenvalue weighted by molar-refractivity contribution is 5.73. The van der Waals surface area contributed by atoms with E-state index in [1.807, 2.05) is 49.4 Å². The van der Waals surface area contributed by atoms with Crippen molar-refractivity contribution in [3.8, 4) is 0 Å². The second-order valence-electron chi connectivity index (χ2n) is 4.50. The first kappa shape index (κ1) is 10.8. The molecule has 1 heterocycles. The van der Waals surface area contributed by atoms with Gasteiger partial charge in [0.1, 0.15) is 5.52 Å². The van der Waals surface area contributed by atoms with Gasteiger partial charge in [0.05, 0.1) is 0 Å². The molecule has 3 heteroatoms. The van der Waals surface area contributed by atoms with Crippen LogP contribution >= 0.6 is 0 Å². The van der Waals surface area contributed by atoms with Gasteiger partial charge in [-0.2, -0.15) is 0 Å². The molecule has 3 nitrogen and oxygen atoms in total. The Morgan fingerprint density at radius 1 is 1.17 bits per heavy atom. The number of nitrogens with zero attached hydrogens (tertiary/aromatic N) is 1. The Labute approximate surface area is 105 Å². The Morgan fingerprint density at radius 3 is 2.89 bits per heavy atom. The van der Waals surface area contributed by atoms with Crippen molar-refractivity contribution in [3.05, 3.63) is 59.5 Å². The van der Waals surface area contributed by atoms with Gasteiger partial charge >= 0.3 is 0 Å². The molecule has 0 spiro atoms. The lowest BCUT2D eigenvalue weighted by molar-refractivity contribution is 0.544. The summed E-state index contributed by atoms with van der Waals surface area (Å²) in [5.74, 6) is 0.723. The second kappa shape index (κ2) is 4.18. The highest BCUT2D eigenvalue weighted by atomic mass is 16.3. The zero-order valence-corrected chi connectivity index (χ0v) is 10.2. The third kappa shape index (κ3) is 2.07. The minimum atomic E-state index is 0.665. The number of aryl methyl sites for hydroxylation is 1. The summed E-state index contributed by atoms with van der Waals surface area (Å²) in [5, 5.41) is 0. The average Bonchev–Trinajstić information content (AvgIpc) is 2.70. The maximum atomic E-state index is 5.76. The topological polar surface area (TPSA) is 52.0 Å². The molecule has 3 aromatic rings. The van der Waals surface area contributed by atoms with E-state index < -0.39 is 0 Å². The number of anilines is 1. The molecule has 0 aliphatic carbocycles. The van der Waals surface area contributed by atoms with Crippen LogP contribution in [-0.2, 0) is 6.42 Å². The van der Waals surface area contributed by atoms with E-state index in [4.69, 9.17) is 10.2 Å². The molecule has 0 aliphatic heterocycles. The molecule has 1 aromatic heterocycles. The van der Waals surface area contributed by atoms with Gasteiger partial charge in [0, 0.05) is 12.1 Å². The molecule has 3 rings (SSSR count). The molecular formula is C15H14N2O. The predicted octanol–water partition coefficient (Wildman–Crippen LogP) is 3.31. The molecule has 18 heavy (non-hydrogen) atoms. The summed E-state index contributed by atoms with van der Waals surface area (Å²) in [6.45, 7) is 2.04. The third-order valence-corrected chi connectivity index (χ3v) is 2.89. The van der Waals surface area contributed by atoms with Crippen molar-refractivity contribution in [1.82, 2.24) is 4.98 Å². The van der Waals surface area contributed by atoms with Crippen molar-refractivity contribution in [3.63, 3.8) is 0 Å². The van der Waals surface area contributed by atoms with Gasteiger partial charge in [0.25, 0.3) is 0 Å². The fraction of sp³-hybridized carbons (Fsp3) is 0.133. The van der Waals surface area contributed by atoms with E-state index in [0.29, 0.717) is 6.42 Å². The number of rotatable bonds is 2. The van der Waals surface area contributed by atoms with E-state index in [2.05, 4.69) is 4.98 Å². The van der Waals surface area contributed by atoms with Gasteiger partial charge in [-0.25, -0.2) is 4.98 Å². The van der Waals surface area contributed by atoms with Crippen molar-refractivity contribution < 1.29 is 4.42 Å². The van der Waals surface area contributed by atoms with E-state index in [1.165, 1.54) is 5.56 Å². The molecular weight excluding hydrogens is 224 g/mol. The largest absolute Gasteiger partial charge is 0.440 e. The van der Waals surface area contributed by atoms with Gasteiger partial charge in [-0.15, -0.1) is 0 Å². The Bertz CT molecular complexity index is 701. The van der Waals surface area contributed by atoms with Crippen LogP contribution in [0.15, 0.2) is 46.9 Å². The van der Waals surface area contributed by atoms with Gasteiger partial charge in [-0.3, -0.25) is 0 Å². The molecule has 0 atom stereocenters. The number of nitrogens with two attached hydrogens (primary N) is 1. The molecule has 90 valence electrons. The van der Waals surface area contributed by atoms with Crippen LogP contribution in [0.1, 0.15) is 17.0 Å². The van der Waals surface area contributed by atoms with E-state index >= 15 is 0 Å². The zero-order chi connectivity index (χ0) is 12.5. The second-order valence-corrected chi connectivity index (χ2v) is 4.50. The number of aromatic nitrogens is 1. The molecule has 0 fully saturated rings. The Kier molecular flexibility index (Phi) is 2.52. The number of nitrogen functional groups attached to an aromatic ring is 1. The lowest BCUT2D eigenvalue weighted by Gasteiger charge is -1.98. The number of hydrogen-bond acceptors (Lipinski definition) is 3. The molecule has 0 bridgehead atoms. The van der Waals surface area contributed by atoms with Crippen molar-refractivity contribution in [2.24, 2.45) is 0 Å². The maximum Gasteiger partial charge on any atom is 0.199 e. The summed E-state index contributed by atoms with van der Waals surface area (Å²) in [5.41, 5.74) is 10.5. The summed E-state index contributed by atoms with van der Waals surface area (Å²) in [7, 11) is 0. The highest BCUT2D eigenvalue weighted by Crippen LogP contribution is 2.19. The van der Waals surface area contributed by atoms with Crippen LogP contribution in [-0.4, -0.2) is 4.98 Å². The summed E-state index contributed by atoms with van der Waals surface area (Å²) in [6.07, 6.45) is 0.665. The lowest BCUT2D eigenvalue weighted by Crippen LogP contribution is -1.90. The molecule has 0 unspecified atom stereocenters.